The SMILES string of the molecule is CN(C(=O)OC(C)(C)C)[C@H]1CN(c2ccc(-n3cnc(Br)c3)cc2)C[C@H]1F. The van der Waals surface area contributed by atoms with E-state index in [-0.39, 0.29) is 6.54 Å². The molecular formula is C19H24BrFN4O2. The van der Waals surface area contributed by atoms with Gasteiger partial charge in [0, 0.05) is 31.2 Å². The predicted molar refractivity (Wildman–Crippen MR) is 106 cm³/mol. The van der Waals surface area contributed by atoms with E-state index < -0.39 is 23.9 Å². The number of rotatable bonds is 3. The van der Waals surface area contributed by atoms with Gasteiger partial charge in [-0.05, 0) is 61.0 Å². The van der Waals surface area contributed by atoms with Gasteiger partial charge in [-0.2, -0.15) is 0 Å². The van der Waals surface area contributed by atoms with Crippen LogP contribution in [0.1, 0.15) is 20.8 Å². The van der Waals surface area contributed by atoms with Crippen LogP contribution in [-0.2, 0) is 4.74 Å². The fourth-order valence-corrected chi connectivity index (χ4v) is 3.38. The molecule has 0 bridgehead atoms. The normalized spacial score (nSPS) is 20.0. The molecule has 2 heterocycles. The quantitative estimate of drug-likeness (QED) is 0.725. The Balaban J connectivity index is 1.68. The summed E-state index contributed by atoms with van der Waals surface area (Å²) in [6, 6.07) is 7.28. The van der Waals surface area contributed by atoms with Crippen molar-refractivity contribution in [3.8, 4) is 5.69 Å². The van der Waals surface area contributed by atoms with Crippen LogP contribution < -0.4 is 4.90 Å². The molecule has 3 rings (SSSR count). The molecular weight excluding hydrogens is 415 g/mol. The molecule has 0 unspecified atom stereocenters. The lowest BCUT2D eigenvalue weighted by atomic mass is 10.2. The van der Waals surface area contributed by atoms with Crippen molar-refractivity contribution in [1.82, 2.24) is 14.5 Å². The number of nitrogens with zero attached hydrogens (tertiary/aromatic N) is 4. The first-order valence-corrected chi connectivity index (χ1v) is 9.58. The van der Waals surface area contributed by atoms with E-state index in [2.05, 4.69) is 20.9 Å². The minimum atomic E-state index is -1.13. The maximum absolute atomic E-state index is 14.6. The number of benzene rings is 1. The van der Waals surface area contributed by atoms with E-state index in [1.54, 1.807) is 34.1 Å². The van der Waals surface area contributed by atoms with E-state index in [1.807, 2.05) is 39.9 Å². The molecule has 1 amide bonds. The minimum absolute atomic E-state index is 0.244. The minimum Gasteiger partial charge on any atom is -0.444 e. The van der Waals surface area contributed by atoms with E-state index in [1.165, 1.54) is 4.90 Å². The number of imidazole rings is 1. The summed E-state index contributed by atoms with van der Waals surface area (Å²) >= 11 is 3.33. The summed E-state index contributed by atoms with van der Waals surface area (Å²) in [6.45, 7) is 6.06. The van der Waals surface area contributed by atoms with Gasteiger partial charge in [-0.1, -0.05) is 0 Å². The summed E-state index contributed by atoms with van der Waals surface area (Å²) < 4.78 is 22.6. The molecule has 6 nitrogen and oxygen atoms in total. The van der Waals surface area contributed by atoms with Gasteiger partial charge in [0.15, 0.2) is 0 Å². The molecule has 1 saturated heterocycles. The highest BCUT2D eigenvalue weighted by Gasteiger charge is 2.39. The van der Waals surface area contributed by atoms with Gasteiger partial charge in [-0.15, -0.1) is 0 Å². The number of carbonyl (C=O) groups is 1. The standard InChI is InChI=1S/C19H24BrFN4O2/c1-19(2,3)27-18(26)23(4)16-10-24(9-15(16)21)13-5-7-14(8-6-13)25-11-17(20)22-12-25/h5-8,11-12,15-16H,9-10H2,1-4H3/t15-,16+/m1/s1. The van der Waals surface area contributed by atoms with Crippen LogP contribution in [0, 0.1) is 0 Å². The molecule has 0 radical (unpaired) electrons. The number of carbonyl (C=O) groups excluding carboxylic acids is 1. The molecule has 1 aromatic heterocycles. The Morgan fingerprint density at radius 2 is 1.89 bits per heavy atom. The second-order valence-corrected chi connectivity index (χ2v) is 8.51. The van der Waals surface area contributed by atoms with Crippen LogP contribution in [-0.4, -0.2) is 58.5 Å². The van der Waals surface area contributed by atoms with Crippen molar-refractivity contribution in [2.24, 2.45) is 0 Å². The van der Waals surface area contributed by atoms with Crippen LogP contribution in [0.15, 0.2) is 41.4 Å². The van der Waals surface area contributed by atoms with Gasteiger partial charge in [0.2, 0.25) is 0 Å². The highest BCUT2D eigenvalue weighted by molar-refractivity contribution is 9.10. The second-order valence-electron chi connectivity index (χ2n) is 7.70. The van der Waals surface area contributed by atoms with E-state index in [0.717, 1.165) is 16.0 Å². The van der Waals surface area contributed by atoms with Crippen molar-refractivity contribution < 1.29 is 13.9 Å². The molecule has 27 heavy (non-hydrogen) atoms. The average molecular weight is 439 g/mol. The van der Waals surface area contributed by atoms with Crippen LogP contribution in [0.2, 0.25) is 0 Å². The number of anilines is 1. The van der Waals surface area contributed by atoms with E-state index in [9.17, 15) is 9.18 Å². The summed E-state index contributed by atoms with van der Waals surface area (Å²) in [5.74, 6) is 0. The van der Waals surface area contributed by atoms with Gasteiger partial charge in [-0.25, -0.2) is 14.2 Å². The number of halogens is 2. The molecule has 146 valence electrons. The maximum Gasteiger partial charge on any atom is 0.410 e. The molecule has 1 aliphatic heterocycles. The van der Waals surface area contributed by atoms with Gasteiger partial charge in [-0.3, -0.25) is 0 Å². The number of hydrogen-bond donors (Lipinski definition) is 0. The fourth-order valence-electron chi connectivity index (χ4n) is 3.07. The maximum atomic E-state index is 14.6. The summed E-state index contributed by atoms with van der Waals surface area (Å²) in [5, 5.41) is 0. The van der Waals surface area contributed by atoms with Crippen LogP contribution in [0.25, 0.3) is 5.69 Å². The van der Waals surface area contributed by atoms with Crippen molar-refractivity contribution in [1.29, 1.82) is 0 Å². The Morgan fingerprint density at radius 3 is 2.44 bits per heavy atom. The number of likely N-dealkylation sites (N-methyl/N-ethyl adjacent to an activating group) is 1. The number of hydrogen-bond acceptors (Lipinski definition) is 4. The Labute approximate surface area is 167 Å². The van der Waals surface area contributed by atoms with Crippen LogP contribution in [0.4, 0.5) is 14.9 Å². The molecule has 0 aliphatic carbocycles. The smallest absolute Gasteiger partial charge is 0.410 e. The number of ether oxygens (including phenoxy) is 1. The molecule has 0 saturated carbocycles. The highest BCUT2D eigenvalue weighted by Crippen LogP contribution is 2.27. The lowest BCUT2D eigenvalue weighted by molar-refractivity contribution is 0.0183. The van der Waals surface area contributed by atoms with Crippen LogP contribution >= 0.6 is 15.9 Å². The molecule has 0 spiro atoms. The monoisotopic (exact) mass is 438 g/mol. The average Bonchev–Trinajstić information content (AvgIpc) is 3.19. The predicted octanol–water partition coefficient (Wildman–Crippen LogP) is 4.03. The van der Waals surface area contributed by atoms with Gasteiger partial charge in [0.1, 0.15) is 22.7 Å². The second kappa shape index (κ2) is 7.50. The summed E-state index contributed by atoms with van der Waals surface area (Å²) in [5.41, 5.74) is 1.28. The lowest BCUT2D eigenvalue weighted by Crippen LogP contribution is -2.45. The first-order valence-electron chi connectivity index (χ1n) is 8.79. The largest absolute Gasteiger partial charge is 0.444 e. The third kappa shape index (κ3) is 4.61. The van der Waals surface area contributed by atoms with Gasteiger partial charge in [0.05, 0.1) is 12.6 Å². The van der Waals surface area contributed by atoms with Gasteiger partial charge in [0.25, 0.3) is 0 Å². The number of amides is 1. The first kappa shape index (κ1) is 19.7. The Bertz CT molecular complexity index is 803. The van der Waals surface area contributed by atoms with Crippen molar-refractivity contribution in [3.05, 3.63) is 41.4 Å². The zero-order valence-corrected chi connectivity index (χ0v) is 17.5. The molecule has 1 aromatic carbocycles. The zero-order chi connectivity index (χ0) is 19.8. The summed E-state index contributed by atoms with van der Waals surface area (Å²) in [6.07, 6.45) is 1.96. The molecule has 2 atom stereocenters. The molecule has 8 heteroatoms. The van der Waals surface area contributed by atoms with E-state index >= 15 is 0 Å². The van der Waals surface area contributed by atoms with Crippen molar-refractivity contribution in [3.63, 3.8) is 0 Å². The van der Waals surface area contributed by atoms with E-state index in [4.69, 9.17) is 4.74 Å². The van der Waals surface area contributed by atoms with Crippen LogP contribution in [0.5, 0.6) is 0 Å². The molecule has 2 aromatic rings. The van der Waals surface area contributed by atoms with E-state index in [0.29, 0.717) is 6.54 Å². The Kier molecular flexibility index (Phi) is 5.46. The summed E-state index contributed by atoms with van der Waals surface area (Å²) in [4.78, 5) is 19.7. The number of alkyl halides is 1. The van der Waals surface area contributed by atoms with Crippen LogP contribution in [0.3, 0.4) is 0 Å². The van der Waals surface area contributed by atoms with Crippen molar-refractivity contribution in [2.45, 2.75) is 38.6 Å². The topological polar surface area (TPSA) is 50.6 Å². The lowest BCUT2D eigenvalue weighted by Gasteiger charge is -2.29. The number of aromatic nitrogens is 2. The summed E-state index contributed by atoms with van der Waals surface area (Å²) in [7, 11) is 1.59. The van der Waals surface area contributed by atoms with Crippen molar-refractivity contribution >= 4 is 27.7 Å². The van der Waals surface area contributed by atoms with Gasteiger partial charge < -0.3 is 19.1 Å². The Morgan fingerprint density at radius 1 is 1.26 bits per heavy atom. The van der Waals surface area contributed by atoms with Crippen molar-refractivity contribution in [2.75, 3.05) is 25.0 Å². The third-order valence-electron chi connectivity index (χ3n) is 4.46. The Hall–Kier alpha value is -2.09. The molecule has 1 aliphatic rings. The third-order valence-corrected chi connectivity index (χ3v) is 4.87. The molecule has 0 N–H and O–H groups in total. The fraction of sp³-hybridized carbons (Fsp3) is 0.474. The zero-order valence-electron chi connectivity index (χ0n) is 15.9. The molecule has 1 fully saturated rings. The first-order chi connectivity index (χ1) is 12.6. The van der Waals surface area contributed by atoms with Gasteiger partial charge >= 0.3 is 6.09 Å². The highest BCUT2D eigenvalue weighted by atomic mass is 79.9.